The lowest BCUT2D eigenvalue weighted by molar-refractivity contribution is 0.0954. The minimum Gasteiger partial charge on any atom is -0.352 e. The molecule has 0 bridgehead atoms. The number of hydrogen-bond donors (Lipinski definition) is 1. The highest BCUT2D eigenvalue weighted by atomic mass is 79.9. The molecule has 2 aromatic heterocycles. The highest BCUT2D eigenvalue weighted by Crippen LogP contribution is 2.36. The van der Waals surface area contributed by atoms with Crippen LogP contribution in [0.3, 0.4) is 0 Å². The van der Waals surface area contributed by atoms with Crippen LogP contribution < -0.4 is 10.2 Å². The van der Waals surface area contributed by atoms with Crippen molar-refractivity contribution in [2.75, 3.05) is 23.3 Å². The Morgan fingerprint density at radius 3 is 2.65 bits per heavy atom. The molecule has 1 fully saturated rings. The number of hydrogen-bond acceptors (Lipinski definition) is 4. The van der Waals surface area contributed by atoms with Gasteiger partial charge in [0.15, 0.2) is 5.65 Å². The molecule has 6 nitrogen and oxygen atoms in total. The molecule has 1 aliphatic rings. The number of nitrogens with one attached hydrogen (secondary N) is 1. The van der Waals surface area contributed by atoms with Gasteiger partial charge in [0.05, 0.1) is 12.2 Å². The van der Waals surface area contributed by atoms with Crippen LogP contribution >= 0.6 is 15.9 Å². The summed E-state index contributed by atoms with van der Waals surface area (Å²) in [7, 11) is 0. The van der Waals surface area contributed by atoms with Crippen molar-refractivity contribution in [3.05, 3.63) is 94.8 Å². The lowest BCUT2D eigenvalue weighted by Gasteiger charge is -2.26. The summed E-state index contributed by atoms with van der Waals surface area (Å²) in [5.74, 6) is -0.523. The molecular formula is C28H28BrF2N5O. The van der Waals surface area contributed by atoms with Crippen LogP contribution in [0.4, 0.5) is 14.6 Å². The van der Waals surface area contributed by atoms with Gasteiger partial charge >= 0.3 is 0 Å². The van der Waals surface area contributed by atoms with Crippen LogP contribution in [0, 0.1) is 11.6 Å². The Balaban J connectivity index is 1.26. The second-order valence-corrected chi connectivity index (χ2v) is 10.0. The Labute approximate surface area is 222 Å². The molecule has 2 aromatic carbocycles. The number of nitrogens with zero attached hydrogens (tertiary/aromatic N) is 4. The maximum Gasteiger partial charge on any atom is 0.256 e. The molecule has 0 spiro atoms. The quantitative estimate of drug-likeness (QED) is 0.210. The SMILES string of the molecule is O=C(NCCCc1ccc(CCBr)cc1)c1cnn2ccc(N3CCC[C@@H]3c3cc(F)ccc3F)nc12. The zero-order valence-electron chi connectivity index (χ0n) is 20.3. The first kappa shape index (κ1) is 25.3. The molecular weight excluding hydrogens is 540 g/mol. The summed E-state index contributed by atoms with van der Waals surface area (Å²) in [6.45, 7) is 1.20. The average molecular weight is 568 g/mol. The summed E-state index contributed by atoms with van der Waals surface area (Å²) < 4.78 is 29.9. The summed E-state index contributed by atoms with van der Waals surface area (Å²) in [6, 6.07) is 13.6. The monoisotopic (exact) mass is 567 g/mol. The molecule has 0 radical (unpaired) electrons. The molecule has 1 aliphatic heterocycles. The van der Waals surface area contributed by atoms with E-state index in [4.69, 9.17) is 4.98 Å². The fourth-order valence-electron chi connectivity index (χ4n) is 4.89. The van der Waals surface area contributed by atoms with Crippen molar-refractivity contribution in [3.8, 4) is 0 Å². The molecule has 0 saturated carbocycles. The fourth-order valence-corrected chi connectivity index (χ4v) is 5.34. The molecule has 1 amide bonds. The number of rotatable bonds is 9. The molecule has 9 heteroatoms. The third-order valence-electron chi connectivity index (χ3n) is 6.80. The molecule has 192 valence electrons. The Morgan fingerprint density at radius 1 is 1.08 bits per heavy atom. The van der Waals surface area contributed by atoms with Gasteiger partial charge in [0.2, 0.25) is 0 Å². The summed E-state index contributed by atoms with van der Waals surface area (Å²) >= 11 is 3.46. The number of halogens is 3. The number of alkyl halides is 1. The third-order valence-corrected chi connectivity index (χ3v) is 7.19. The van der Waals surface area contributed by atoms with Crippen LogP contribution in [0.25, 0.3) is 5.65 Å². The minimum atomic E-state index is -0.465. The van der Waals surface area contributed by atoms with E-state index >= 15 is 0 Å². The van der Waals surface area contributed by atoms with Gasteiger partial charge in [-0.3, -0.25) is 4.79 Å². The first-order valence-electron chi connectivity index (χ1n) is 12.5. The van der Waals surface area contributed by atoms with Crippen molar-refractivity contribution in [3.63, 3.8) is 0 Å². The molecule has 0 aliphatic carbocycles. The van der Waals surface area contributed by atoms with E-state index in [1.807, 2.05) is 4.90 Å². The first-order valence-corrected chi connectivity index (χ1v) is 13.6. The number of benzene rings is 2. The summed E-state index contributed by atoms with van der Waals surface area (Å²) in [5.41, 5.74) is 3.68. The van der Waals surface area contributed by atoms with E-state index in [2.05, 4.69) is 50.6 Å². The van der Waals surface area contributed by atoms with E-state index in [1.165, 1.54) is 23.4 Å². The number of anilines is 1. The van der Waals surface area contributed by atoms with Crippen LogP contribution in [0.5, 0.6) is 0 Å². The number of carbonyl (C=O) groups is 1. The number of carbonyl (C=O) groups excluding carboxylic acids is 1. The summed E-state index contributed by atoms with van der Waals surface area (Å²) in [6.07, 6.45) is 7.47. The van der Waals surface area contributed by atoms with Crippen molar-refractivity contribution in [1.29, 1.82) is 0 Å². The van der Waals surface area contributed by atoms with Gasteiger partial charge in [0.25, 0.3) is 5.91 Å². The van der Waals surface area contributed by atoms with Gasteiger partial charge in [0.1, 0.15) is 23.0 Å². The van der Waals surface area contributed by atoms with E-state index in [1.54, 1.807) is 16.8 Å². The first-order chi connectivity index (χ1) is 18.0. The second-order valence-electron chi connectivity index (χ2n) is 9.24. The number of fused-ring (bicyclic) bond motifs is 1. The molecule has 37 heavy (non-hydrogen) atoms. The predicted octanol–water partition coefficient (Wildman–Crippen LogP) is 5.65. The van der Waals surface area contributed by atoms with Gasteiger partial charge in [-0.15, -0.1) is 0 Å². The Morgan fingerprint density at radius 2 is 1.86 bits per heavy atom. The summed E-state index contributed by atoms with van der Waals surface area (Å²) in [4.78, 5) is 19.6. The van der Waals surface area contributed by atoms with Crippen molar-refractivity contribution < 1.29 is 13.6 Å². The van der Waals surface area contributed by atoms with E-state index < -0.39 is 11.6 Å². The molecule has 1 atom stereocenters. The molecule has 3 heterocycles. The van der Waals surface area contributed by atoms with Crippen molar-refractivity contribution in [1.82, 2.24) is 19.9 Å². The molecule has 1 saturated heterocycles. The van der Waals surface area contributed by atoms with E-state index in [-0.39, 0.29) is 11.9 Å². The lowest BCUT2D eigenvalue weighted by atomic mass is 10.0. The standard InChI is InChI=1S/C28H28BrF2N5O/c29-13-11-20-7-5-19(6-8-20)3-1-14-32-28(37)23-18-33-36-16-12-26(34-27(23)36)35-15-2-4-25(35)22-17-21(30)9-10-24(22)31/h5-10,12,16-18,25H,1-4,11,13-15H2,(H,32,37)/t25-/m1/s1. The number of aryl methyl sites for hydroxylation is 2. The minimum absolute atomic E-state index is 0.235. The number of amides is 1. The van der Waals surface area contributed by atoms with Crippen LogP contribution in [0.15, 0.2) is 60.9 Å². The van der Waals surface area contributed by atoms with Crippen LogP contribution in [-0.4, -0.2) is 38.9 Å². The topological polar surface area (TPSA) is 62.5 Å². The van der Waals surface area contributed by atoms with Gasteiger partial charge in [-0.1, -0.05) is 40.2 Å². The molecule has 4 aromatic rings. The smallest absolute Gasteiger partial charge is 0.256 e. The van der Waals surface area contributed by atoms with Crippen LogP contribution in [0.1, 0.15) is 52.4 Å². The van der Waals surface area contributed by atoms with Gasteiger partial charge in [-0.05, 0) is 67.5 Å². The fraction of sp³-hybridized carbons (Fsp3) is 0.321. The molecule has 5 rings (SSSR count). The van der Waals surface area contributed by atoms with Crippen molar-refractivity contribution in [2.45, 2.75) is 38.1 Å². The summed E-state index contributed by atoms with van der Waals surface area (Å²) in [5, 5.41) is 8.19. The normalized spacial score (nSPS) is 15.4. The van der Waals surface area contributed by atoms with Crippen molar-refractivity contribution in [2.24, 2.45) is 0 Å². The second kappa shape index (κ2) is 11.4. The third kappa shape index (κ3) is 5.66. The Hall–Kier alpha value is -3.33. The van der Waals surface area contributed by atoms with Gasteiger partial charge in [0, 0.05) is 30.2 Å². The average Bonchev–Trinajstić information content (AvgIpc) is 3.56. The van der Waals surface area contributed by atoms with E-state index in [9.17, 15) is 13.6 Å². The molecule has 0 unspecified atom stereocenters. The van der Waals surface area contributed by atoms with Gasteiger partial charge in [-0.2, -0.15) is 5.10 Å². The highest BCUT2D eigenvalue weighted by Gasteiger charge is 2.30. The van der Waals surface area contributed by atoms with Crippen molar-refractivity contribution >= 4 is 33.3 Å². The number of aromatic nitrogens is 3. The van der Waals surface area contributed by atoms with Gasteiger partial charge < -0.3 is 10.2 Å². The largest absolute Gasteiger partial charge is 0.352 e. The Bertz CT molecular complexity index is 1390. The molecule has 1 N–H and O–H groups in total. The van der Waals surface area contributed by atoms with E-state index in [0.29, 0.717) is 42.1 Å². The maximum absolute atomic E-state index is 14.5. The predicted molar refractivity (Wildman–Crippen MR) is 143 cm³/mol. The van der Waals surface area contributed by atoms with E-state index in [0.717, 1.165) is 43.1 Å². The zero-order chi connectivity index (χ0) is 25.8. The zero-order valence-corrected chi connectivity index (χ0v) is 21.9. The van der Waals surface area contributed by atoms with Crippen LogP contribution in [0.2, 0.25) is 0 Å². The van der Waals surface area contributed by atoms with Crippen LogP contribution in [-0.2, 0) is 12.8 Å². The lowest BCUT2D eigenvalue weighted by Crippen LogP contribution is -2.26. The Kier molecular flexibility index (Phi) is 7.79. The maximum atomic E-state index is 14.5. The van der Waals surface area contributed by atoms with Gasteiger partial charge in [-0.25, -0.2) is 18.3 Å². The highest BCUT2D eigenvalue weighted by molar-refractivity contribution is 9.09.